The molecule has 0 unspecified atom stereocenters. The Hall–Kier alpha value is -2.49. The fourth-order valence-electron chi connectivity index (χ4n) is 3.94. The third kappa shape index (κ3) is 7.61. The lowest BCUT2D eigenvalue weighted by Gasteiger charge is -2.05. The van der Waals surface area contributed by atoms with Crippen LogP contribution in [-0.2, 0) is 11.2 Å². The molecule has 0 fully saturated rings. The number of aromatic nitrogens is 2. The van der Waals surface area contributed by atoms with Crippen LogP contribution in [0.1, 0.15) is 95.1 Å². The number of rotatable bonds is 15. The molecule has 3 rings (SSSR count). The highest BCUT2D eigenvalue weighted by Crippen LogP contribution is 2.25. The van der Waals surface area contributed by atoms with Crippen LogP contribution in [0.15, 0.2) is 53.0 Å². The van der Waals surface area contributed by atoms with Gasteiger partial charge < -0.3 is 14.7 Å². The van der Waals surface area contributed by atoms with Crippen molar-refractivity contribution >= 4 is 11.8 Å². The molecule has 168 valence electrons. The van der Waals surface area contributed by atoms with Gasteiger partial charge in [0.15, 0.2) is 0 Å². The minimum Gasteiger partial charge on any atom is -0.491 e. The van der Waals surface area contributed by atoms with Gasteiger partial charge in [0.25, 0.3) is 0 Å². The Bertz CT molecular complexity index is 855. The average molecular weight is 422 g/mol. The molecule has 0 saturated heterocycles. The van der Waals surface area contributed by atoms with Crippen molar-refractivity contribution in [3.8, 4) is 0 Å². The van der Waals surface area contributed by atoms with Gasteiger partial charge in [0.05, 0.1) is 18.0 Å². The Labute approximate surface area is 187 Å². The van der Waals surface area contributed by atoms with Crippen molar-refractivity contribution in [1.29, 1.82) is 0 Å². The van der Waals surface area contributed by atoms with E-state index in [1.54, 1.807) is 0 Å². The number of ether oxygens (including phenoxy) is 1. The van der Waals surface area contributed by atoms with Crippen molar-refractivity contribution in [1.82, 2.24) is 9.97 Å². The van der Waals surface area contributed by atoms with Crippen LogP contribution in [0.3, 0.4) is 0 Å². The standard InChI is InChI=1S/C27H39N3O/c1-3-5-6-7-8-9-10-11-12-14-22-16-17-23(29-22)20-26-27(31-19-4-2)21-25(30-26)24-15-13-18-28-24/h13,15-18,20-21,28-29H,3-12,14,19H2,1-2H3. The molecule has 0 spiro atoms. The molecule has 1 aliphatic rings. The van der Waals surface area contributed by atoms with Crippen molar-refractivity contribution in [2.45, 2.75) is 84.5 Å². The van der Waals surface area contributed by atoms with Gasteiger partial charge in [-0.1, -0.05) is 65.2 Å². The Morgan fingerprint density at radius 3 is 2.39 bits per heavy atom. The van der Waals surface area contributed by atoms with E-state index in [-0.39, 0.29) is 0 Å². The van der Waals surface area contributed by atoms with Gasteiger partial charge in [-0.25, -0.2) is 4.99 Å². The quantitative estimate of drug-likeness (QED) is 0.286. The van der Waals surface area contributed by atoms with Crippen LogP contribution >= 0.6 is 0 Å². The van der Waals surface area contributed by atoms with Crippen LogP contribution in [0.5, 0.6) is 0 Å². The van der Waals surface area contributed by atoms with Crippen LogP contribution in [0.25, 0.3) is 6.08 Å². The first kappa shape index (κ1) is 23.2. The maximum absolute atomic E-state index is 5.96. The lowest BCUT2D eigenvalue weighted by molar-refractivity contribution is 0.222. The summed E-state index contributed by atoms with van der Waals surface area (Å²) in [6, 6.07) is 8.38. The molecule has 0 amide bonds. The number of allylic oxidation sites excluding steroid dienone is 1. The lowest BCUT2D eigenvalue weighted by atomic mass is 10.1. The summed E-state index contributed by atoms with van der Waals surface area (Å²) in [4.78, 5) is 11.6. The van der Waals surface area contributed by atoms with Gasteiger partial charge in [-0.2, -0.15) is 0 Å². The molecule has 2 aromatic rings. The second-order valence-corrected chi connectivity index (χ2v) is 8.48. The van der Waals surface area contributed by atoms with E-state index in [2.05, 4.69) is 42.0 Å². The number of nitrogens with one attached hydrogen (secondary N) is 2. The SMILES string of the molecule is CCCCCCCCCCCc1ccc(C=C2N=C(c3ccc[nH]3)C=C2OCCC)[nH]1. The number of aromatic amines is 2. The molecular weight excluding hydrogens is 382 g/mol. The molecule has 4 heteroatoms. The summed E-state index contributed by atoms with van der Waals surface area (Å²) in [5.41, 5.74) is 5.21. The number of unbranched alkanes of at least 4 members (excludes halogenated alkanes) is 8. The third-order valence-electron chi connectivity index (χ3n) is 5.71. The largest absolute Gasteiger partial charge is 0.491 e. The fourth-order valence-corrected chi connectivity index (χ4v) is 3.94. The number of nitrogens with zero attached hydrogens (tertiary/aromatic N) is 1. The molecule has 0 bridgehead atoms. The van der Waals surface area contributed by atoms with E-state index < -0.39 is 0 Å². The summed E-state index contributed by atoms with van der Waals surface area (Å²) in [5, 5.41) is 0. The van der Waals surface area contributed by atoms with Crippen LogP contribution in [0, 0.1) is 0 Å². The highest BCUT2D eigenvalue weighted by Gasteiger charge is 2.18. The zero-order valence-electron chi connectivity index (χ0n) is 19.4. The van der Waals surface area contributed by atoms with Crippen LogP contribution in [0.2, 0.25) is 0 Å². The van der Waals surface area contributed by atoms with E-state index in [0.717, 1.165) is 41.4 Å². The van der Waals surface area contributed by atoms with Gasteiger partial charge >= 0.3 is 0 Å². The average Bonchev–Trinajstić information content (AvgIpc) is 3.53. The van der Waals surface area contributed by atoms with Gasteiger partial charge in [0, 0.05) is 23.7 Å². The topological polar surface area (TPSA) is 53.2 Å². The molecule has 3 heterocycles. The van der Waals surface area contributed by atoms with Crippen LogP contribution in [-0.4, -0.2) is 22.3 Å². The lowest BCUT2D eigenvalue weighted by Crippen LogP contribution is -1.95. The molecule has 0 saturated carbocycles. The van der Waals surface area contributed by atoms with Gasteiger partial charge in [-0.05, 0) is 49.6 Å². The van der Waals surface area contributed by atoms with E-state index >= 15 is 0 Å². The predicted octanol–water partition coefficient (Wildman–Crippen LogP) is 7.57. The van der Waals surface area contributed by atoms with Crippen molar-refractivity contribution in [3.05, 3.63) is 65.1 Å². The maximum Gasteiger partial charge on any atom is 0.147 e. The summed E-state index contributed by atoms with van der Waals surface area (Å²) >= 11 is 0. The zero-order chi connectivity index (χ0) is 21.7. The number of H-pyrrole nitrogens is 2. The van der Waals surface area contributed by atoms with Crippen LogP contribution < -0.4 is 0 Å². The van der Waals surface area contributed by atoms with Gasteiger partial charge in [0.2, 0.25) is 0 Å². The first-order chi connectivity index (χ1) is 15.3. The van der Waals surface area contributed by atoms with E-state index in [0.29, 0.717) is 6.61 Å². The second kappa shape index (κ2) is 13.0. The molecule has 0 aromatic carbocycles. The number of hydrogen-bond acceptors (Lipinski definition) is 2. The number of aliphatic imine (C=N–C) groups is 1. The van der Waals surface area contributed by atoms with Gasteiger partial charge in [-0.3, -0.25) is 0 Å². The van der Waals surface area contributed by atoms with Crippen molar-refractivity contribution in [2.24, 2.45) is 4.99 Å². The normalized spacial score (nSPS) is 14.8. The van der Waals surface area contributed by atoms with E-state index in [4.69, 9.17) is 9.73 Å². The Morgan fingerprint density at radius 2 is 1.68 bits per heavy atom. The molecule has 31 heavy (non-hydrogen) atoms. The van der Waals surface area contributed by atoms with E-state index in [1.165, 1.54) is 63.5 Å². The molecule has 0 atom stereocenters. The molecule has 4 nitrogen and oxygen atoms in total. The maximum atomic E-state index is 5.96. The highest BCUT2D eigenvalue weighted by atomic mass is 16.5. The second-order valence-electron chi connectivity index (χ2n) is 8.48. The summed E-state index contributed by atoms with van der Waals surface area (Å²) in [5.74, 6) is 0.849. The van der Waals surface area contributed by atoms with Gasteiger partial charge in [0.1, 0.15) is 11.5 Å². The smallest absolute Gasteiger partial charge is 0.147 e. The fraction of sp³-hybridized carbons (Fsp3) is 0.519. The molecule has 2 N–H and O–H groups in total. The first-order valence-corrected chi connectivity index (χ1v) is 12.3. The minimum atomic E-state index is 0.700. The Balaban J connectivity index is 1.48. The van der Waals surface area contributed by atoms with Crippen molar-refractivity contribution < 1.29 is 4.74 Å². The molecular formula is C27H39N3O. The zero-order valence-corrected chi connectivity index (χ0v) is 19.4. The summed E-state index contributed by atoms with van der Waals surface area (Å²) in [6.45, 7) is 5.10. The monoisotopic (exact) mass is 421 g/mol. The minimum absolute atomic E-state index is 0.700. The Kier molecular flexibility index (Phi) is 9.75. The highest BCUT2D eigenvalue weighted by molar-refractivity contribution is 6.11. The van der Waals surface area contributed by atoms with Gasteiger partial charge in [-0.15, -0.1) is 0 Å². The van der Waals surface area contributed by atoms with E-state index in [1.807, 2.05) is 24.4 Å². The number of aryl methyl sites for hydroxylation is 1. The third-order valence-corrected chi connectivity index (χ3v) is 5.71. The molecule has 1 aliphatic heterocycles. The molecule has 0 aliphatic carbocycles. The molecule has 2 aromatic heterocycles. The summed E-state index contributed by atoms with van der Waals surface area (Å²) in [7, 11) is 0. The Morgan fingerprint density at radius 1 is 0.903 bits per heavy atom. The van der Waals surface area contributed by atoms with E-state index in [9.17, 15) is 0 Å². The first-order valence-electron chi connectivity index (χ1n) is 12.3. The summed E-state index contributed by atoms with van der Waals surface area (Å²) in [6.07, 6.45) is 20.4. The summed E-state index contributed by atoms with van der Waals surface area (Å²) < 4.78 is 5.96. The predicted molar refractivity (Wildman–Crippen MR) is 131 cm³/mol. The molecule has 0 radical (unpaired) electrons. The van der Waals surface area contributed by atoms with Crippen LogP contribution in [0.4, 0.5) is 0 Å². The van der Waals surface area contributed by atoms with Crippen molar-refractivity contribution in [3.63, 3.8) is 0 Å². The van der Waals surface area contributed by atoms with Crippen molar-refractivity contribution in [2.75, 3.05) is 6.61 Å². The number of hydrogen-bond donors (Lipinski definition) is 2.